The second-order valence-electron chi connectivity index (χ2n) is 7.28. The number of aromatic hydroxyl groups is 2. The molecule has 0 radical (unpaired) electrons. The molecule has 2 amide bonds. The van der Waals surface area contributed by atoms with Gasteiger partial charge < -0.3 is 15.6 Å². The van der Waals surface area contributed by atoms with Gasteiger partial charge in [0.25, 0.3) is 11.8 Å². The maximum Gasteiger partial charge on any atom is 0.273 e. The molecule has 0 saturated carbocycles. The fraction of sp³-hybridized carbons (Fsp3) is 0.0833. The maximum atomic E-state index is 13.2. The van der Waals surface area contributed by atoms with Gasteiger partial charge in [0, 0.05) is 23.5 Å². The Balaban J connectivity index is 1.60. The Bertz CT molecular complexity index is 1230. The maximum absolute atomic E-state index is 13.2. The summed E-state index contributed by atoms with van der Waals surface area (Å²) >= 11 is 0. The molecule has 0 spiro atoms. The van der Waals surface area contributed by atoms with Crippen molar-refractivity contribution < 1.29 is 19.8 Å². The van der Waals surface area contributed by atoms with Gasteiger partial charge in [0.05, 0.1) is 16.8 Å². The van der Waals surface area contributed by atoms with E-state index in [2.05, 4.69) is 10.9 Å². The highest BCUT2D eigenvalue weighted by Gasteiger charge is 2.33. The Morgan fingerprint density at radius 1 is 0.968 bits per heavy atom. The van der Waals surface area contributed by atoms with Crippen molar-refractivity contribution in [1.29, 1.82) is 0 Å². The highest BCUT2D eigenvalue weighted by atomic mass is 16.3. The summed E-state index contributed by atoms with van der Waals surface area (Å²) in [4.78, 5) is 27.2. The Morgan fingerprint density at radius 2 is 1.74 bits per heavy atom. The number of benzene rings is 3. The molecule has 4 rings (SSSR count). The topological polar surface area (TPSA) is 102 Å². The third-order valence-electron chi connectivity index (χ3n) is 5.25. The fourth-order valence-corrected chi connectivity index (χ4v) is 3.46. The van der Waals surface area contributed by atoms with E-state index in [1.54, 1.807) is 4.90 Å². The number of aryl methyl sites for hydroxylation is 2. The van der Waals surface area contributed by atoms with E-state index < -0.39 is 5.91 Å². The van der Waals surface area contributed by atoms with Crippen LogP contribution in [0.2, 0.25) is 0 Å². The summed E-state index contributed by atoms with van der Waals surface area (Å²) in [6, 6.07) is 16.9. The minimum Gasteiger partial charge on any atom is -0.508 e. The van der Waals surface area contributed by atoms with Crippen molar-refractivity contribution in [3.05, 3.63) is 89.1 Å². The molecule has 156 valence electrons. The average molecular weight is 415 g/mol. The quantitative estimate of drug-likeness (QED) is 0.385. The highest BCUT2D eigenvalue weighted by Crippen LogP contribution is 2.41. The van der Waals surface area contributed by atoms with Crippen LogP contribution in [0, 0.1) is 13.8 Å². The Hall–Kier alpha value is -4.26. The number of amides is 2. The van der Waals surface area contributed by atoms with Crippen molar-refractivity contribution in [2.24, 2.45) is 0 Å². The summed E-state index contributed by atoms with van der Waals surface area (Å²) in [5, 5.41) is 19.2. The normalized spacial score (nSPS) is 13.9. The Labute approximate surface area is 179 Å². The molecular formula is C24H21N3O4. The van der Waals surface area contributed by atoms with Crippen LogP contribution in [-0.4, -0.2) is 22.0 Å². The number of para-hydroxylation sites is 1. The van der Waals surface area contributed by atoms with Crippen LogP contribution >= 0.6 is 0 Å². The lowest BCUT2D eigenvalue weighted by Gasteiger charge is -2.18. The van der Waals surface area contributed by atoms with Crippen molar-refractivity contribution >= 4 is 28.8 Å². The minimum absolute atomic E-state index is 0.0152. The number of rotatable bonds is 4. The first-order chi connectivity index (χ1) is 14.9. The molecule has 7 heteroatoms. The van der Waals surface area contributed by atoms with E-state index in [4.69, 9.17) is 0 Å². The monoisotopic (exact) mass is 415 g/mol. The number of carbonyl (C=O) groups excluding carboxylic acids is 2. The van der Waals surface area contributed by atoms with E-state index in [0.29, 0.717) is 5.57 Å². The fourth-order valence-electron chi connectivity index (χ4n) is 3.46. The van der Waals surface area contributed by atoms with E-state index in [1.807, 2.05) is 56.3 Å². The molecule has 3 aromatic rings. The van der Waals surface area contributed by atoms with E-state index in [-0.39, 0.29) is 23.0 Å². The van der Waals surface area contributed by atoms with Gasteiger partial charge in [-0.05, 0) is 55.3 Å². The summed E-state index contributed by atoms with van der Waals surface area (Å²) in [6.07, 6.45) is 1.43. The molecule has 0 aliphatic carbocycles. The van der Waals surface area contributed by atoms with Gasteiger partial charge in [-0.2, -0.15) is 0 Å². The third-order valence-corrected chi connectivity index (χ3v) is 5.25. The van der Waals surface area contributed by atoms with E-state index in [0.717, 1.165) is 34.1 Å². The van der Waals surface area contributed by atoms with Crippen molar-refractivity contribution in [3.63, 3.8) is 0 Å². The van der Waals surface area contributed by atoms with Crippen molar-refractivity contribution in [2.45, 2.75) is 13.8 Å². The first-order valence-electron chi connectivity index (χ1n) is 9.66. The summed E-state index contributed by atoms with van der Waals surface area (Å²) < 4.78 is 0. The van der Waals surface area contributed by atoms with Gasteiger partial charge in [-0.15, -0.1) is 0 Å². The zero-order valence-corrected chi connectivity index (χ0v) is 17.0. The number of nitrogens with one attached hydrogen (secondary N) is 2. The lowest BCUT2D eigenvalue weighted by atomic mass is 10.1. The van der Waals surface area contributed by atoms with Crippen LogP contribution in [0.5, 0.6) is 11.5 Å². The van der Waals surface area contributed by atoms with E-state index in [9.17, 15) is 19.8 Å². The number of carbonyl (C=O) groups is 2. The first kappa shape index (κ1) is 20.0. The van der Waals surface area contributed by atoms with Crippen LogP contribution in [0.1, 0.15) is 27.0 Å². The predicted octanol–water partition coefficient (Wildman–Crippen LogP) is 3.67. The van der Waals surface area contributed by atoms with Crippen LogP contribution < -0.4 is 15.8 Å². The van der Waals surface area contributed by atoms with Gasteiger partial charge in [0.15, 0.2) is 0 Å². The number of phenols is 2. The minimum atomic E-state index is -0.612. The molecule has 0 aromatic heterocycles. The Morgan fingerprint density at radius 3 is 2.48 bits per heavy atom. The summed E-state index contributed by atoms with van der Waals surface area (Å²) in [5.74, 6) is -1.34. The van der Waals surface area contributed by atoms with E-state index in [1.165, 1.54) is 18.3 Å². The lowest BCUT2D eigenvalue weighted by Crippen LogP contribution is -2.34. The molecule has 0 bridgehead atoms. The number of phenolic OH excluding ortho intramolecular Hbond substituents is 2. The van der Waals surface area contributed by atoms with Gasteiger partial charge in [-0.1, -0.05) is 24.3 Å². The van der Waals surface area contributed by atoms with Crippen molar-refractivity contribution in [2.75, 3.05) is 4.90 Å². The van der Waals surface area contributed by atoms with Gasteiger partial charge in [0.2, 0.25) is 0 Å². The number of anilines is 2. The predicted molar refractivity (Wildman–Crippen MR) is 118 cm³/mol. The van der Waals surface area contributed by atoms with Crippen molar-refractivity contribution in [1.82, 2.24) is 10.9 Å². The van der Waals surface area contributed by atoms with Crippen LogP contribution in [0.3, 0.4) is 0 Å². The molecule has 31 heavy (non-hydrogen) atoms. The van der Waals surface area contributed by atoms with Gasteiger partial charge in [-0.3, -0.25) is 19.9 Å². The molecular weight excluding hydrogens is 394 g/mol. The first-order valence-corrected chi connectivity index (χ1v) is 9.66. The molecule has 0 saturated heterocycles. The largest absolute Gasteiger partial charge is 0.508 e. The molecule has 1 aliphatic rings. The van der Waals surface area contributed by atoms with Crippen LogP contribution in [0.15, 0.2) is 66.9 Å². The zero-order chi connectivity index (χ0) is 22.1. The molecule has 3 aromatic carbocycles. The van der Waals surface area contributed by atoms with Crippen LogP contribution in [0.4, 0.5) is 11.4 Å². The third kappa shape index (κ3) is 3.69. The molecule has 4 N–H and O–H groups in total. The average Bonchev–Trinajstić information content (AvgIpc) is 3.01. The standard InChI is InChI=1S/C24H21N3O4/c1-14-7-8-16(11-15(14)2)27-21-6-4-3-5-18(21)20(24(27)31)13-25-26-23(30)19-10-9-17(28)12-22(19)29/h3-13,25,28-29H,1-2H3,(H,26,30)/b20-13-. The molecule has 0 unspecified atom stereocenters. The summed E-state index contributed by atoms with van der Waals surface area (Å²) in [7, 11) is 0. The number of nitrogens with zero attached hydrogens (tertiary/aromatic N) is 1. The number of hydrogen-bond donors (Lipinski definition) is 4. The lowest BCUT2D eigenvalue weighted by molar-refractivity contribution is -0.112. The highest BCUT2D eigenvalue weighted by molar-refractivity contribution is 6.34. The van der Waals surface area contributed by atoms with Gasteiger partial charge in [0.1, 0.15) is 11.5 Å². The molecule has 1 aliphatic heterocycles. The number of hydrogen-bond acceptors (Lipinski definition) is 5. The molecule has 1 heterocycles. The summed E-state index contributed by atoms with van der Waals surface area (Å²) in [6.45, 7) is 4.01. The zero-order valence-electron chi connectivity index (χ0n) is 17.0. The SMILES string of the molecule is Cc1ccc(N2C(=O)/C(=C\NNC(=O)c3ccc(O)cc3O)c3ccccc32)cc1C. The second-order valence-corrected chi connectivity index (χ2v) is 7.28. The number of fused-ring (bicyclic) bond motifs is 1. The van der Waals surface area contributed by atoms with Crippen LogP contribution in [-0.2, 0) is 4.79 Å². The molecule has 0 fully saturated rings. The summed E-state index contributed by atoms with van der Waals surface area (Å²) in [5.41, 5.74) is 9.94. The van der Waals surface area contributed by atoms with E-state index >= 15 is 0 Å². The van der Waals surface area contributed by atoms with Crippen LogP contribution in [0.25, 0.3) is 5.57 Å². The molecule has 7 nitrogen and oxygen atoms in total. The molecule has 0 atom stereocenters. The smallest absolute Gasteiger partial charge is 0.273 e. The van der Waals surface area contributed by atoms with Gasteiger partial charge in [-0.25, -0.2) is 0 Å². The number of hydrazine groups is 1. The van der Waals surface area contributed by atoms with Gasteiger partial charge >= 0.3 is 0 Å². The second kappa shape index (κ2) is 7.87. The Kier molecular flexibility index (Phi) is 5.09. The van der Waals surface area contributed by atoms with Crippen molar-refractivity contribution in [3.8, 4) is 11.5 Å².